The number of amides is 2. The van der Waals surface area contributed by atoms with Gasteiger partial charge in [0.05, 0.1) is 6.54 Å². The Bertz CT molecular complexity index is 1000. The minimum atomic E-state index is -0.743. The van der Waals surface area contributed by atoms with Gasteiger partial charge in [0, 0.05) is 5.56 Å². The first-order valence-electron chi connectivity index (χ1n) is 8.34. The van der Waals surface area contributed by atoms with Crippen molar-refractivity contribution in [1.82, 2.24) is 20.3 Å². The largest absolute Gasteiger partial charge is 0.364 e. The molecule has 142 valence electrons. The van der Waals surface area contributed by atoms with Gasteiger partial charge in [-0.3, -0.25) is 9.59 Å². The minimum Gasteiger partial charge on any atom is -0.364 e. The fourth-order valence-electron chi connectivity index (χ4n) is 2.42. The van der Waals surface area contributed by atoms with E-state index < -0.39 is 5.91 Å². The second-order valence-corrected chi connectivity index (χ2v) is 6.51. The molecule has 28 heavy (non-hydrogen) atoms. The third-order valence-electron chi connectivity index (χ3n) is 3.77. The molecule has 1 heterocycles. The molecule has 0 fully saturated rings. The third kappa shape index (κ3) is 4.63. The van der Waals surface area contributed by atoms with Crippen molar-refractivity contribution in [1.29, 1.82) is 0 Å². The predicted molar refractivity (Wildman–Crippen MR) is 109 cm³/mol. The molecule has 3 aromatic rings. The molecule has 2 amide bonds. The van der Waals surface area contributed by atoms with Crippen LogP contribution in [0.5, 0.6) is 0 Å². The van der Waals surface area contributed by atoms with Crippen LogP contribution in [0.3, 0.4) is 0 Å². The highest BCUT2D eigenvalue weighted by molar-refractivity contribution is 8.13. The van der Waals surface area contributed by atoms with Gasteiger partial charge in [-0.25, -0.2) is 9.67 Å². The smallest absolute Gasteiger partial charge is 0.273 e. The Morgan fingerprint density at radius 3 is 2.36 bits per heavy atom. The summed E-state index contributed by atoms with van der Waals surface area (Å²) in [6.07, 6.45) is 1.76. The van der Waals surface area contributed by atoms with Crippen LogP contribution in [0.4, 0.5) is 5.82 Å². The quantitative estimate of drug-likeness (QED) is 0.508. The highest BCUT2D eigenvalue weighted by atomic mass is 32.2. The maximum Gasteiger partial charge on any atom is 0.273 e. The second kappa shape index (κ2) is 8.96. The first kappa shape index (κ1) is 19.3. The number of nitrogens with two attached hydrogens (primary N) is 1. The number of nitrogens with zero attached hydrogens (tertiary/aromatic N) is 4. The number of aliphatic imine (C=N–C) groups is 1. The topological polar surface area (TPSA) is 115 Å². The van der Waals surface area contributed by atoms with Crippen LogP contribution >= 0.6 is 11.8 Å². The van der Waals surface area contributed by atoms with Crippen molar-refractivity contribution in [3.8, 4) is 0 Å². The van der Waals surface area contributed by atoms with Crippen LogP contribution in [0.25, 0.3) is 0 Å². The van der Waals surface area contributed by atoms with Crippen LogP contribution in [0, 0.1) is 0 Å². The van der Waals surface area contributed by atoms with Crippen LogP contribution in [0.15, 0.2) is 65.7 Å². The van der Waals surface area contributed by atoms with Gasteiger partial charge in [0.15, 0.2) is 16.7 Å². The van der Waals surface area contributed by atoms with Gasteiger partial charge >= 0.3 is 0 Å². The second-order valence-electron chi connectivity index (χ2n) is 5.71. The summed E-state index contributed by atoms with van der Waals surface area (Å²) in [7, 11) is 0. The van der Waals surface area contributed by atoms with Gasteiger partial charge < -0.3 is 11.1 Å². The van der Waals surface area contributed by atoms with Crippen LogP contribution < -0.4 is 11.1 Å². The third-order valence-corrected chi connectivity index (χ3v) is 4.35. The van der Waals surface area contributed by atoms with E-state index in [1.807, 2.05) is 36.4 Å². The lowest BCUT2D eigenvalue weighted by molar-refractivity contribution is 0.0975. The molecule has 0 saturated carbocycles. The Kier molecular flexibility index (Phi) is 6.18. The lowest BCUT2D eigenvalue weighted by atomic mass is 10.2. The first-order chi connectivity index (χ1) is 13.6. The minimum absolute atomic E-state index is 0.0589. The Hall–Kier alpha value is -3.46. The summed E-state index contributed by atoms with van der Waals surface area (Å²) in [4.78, 5) is 28.6. The van der Waals surface area contributed by atoms with E-state index in [1.165, 1.54) is 16.4 Å². The van der Waals surface area contributed by atoms with Gasteiger partial charge in [-0.05, 0) is 24.0 Å². The van der Waals surface area contributed by atoms with E-state index in [0.29, 0.717) is 17.3 Å². The van der Waals surface area contributed by atoms with Crippen LogP contribution in [0.1, 0.15) is 26.4 Å². The van der Waals surface area contributed by atoms with Gasteiger partial charge in [-0.2, -0.15) is 0 Å². The lowest BCUT2D eigenvalue weighted by Crippen LogP contribution is -2.28. The number of hydrogen-bond donors (Lipinski definition) is 2. The molecule has 0 aliphatic heterocycles. The lowest BCUT2D eigenvalue weighted by Gasteiger charge is -2.08. The average Bonchev–Trinajstić information content (AvgIpc) is 3.11. The highest BCUT2D eigenvalue weighted by Gasteiger charge is 2.19. The zero-order valence-corrected chi connectivity index (χ0v) is 15.9. The number of hydrogen-bond acceptors (Lipinski definition) is 6. The van der Waals surface area contributed by atoms with Crippen molar-refractivity contribution in [2.75, 3.05) is 6.26 Å². The zero-order valence-electron chi connectivity index (χ0n) is 15.1. The summed E-state index contributed by atoms with van der Waals surface area (Å²) in [5, 5.41) is 10.9. The number of amidine groups is 1. The van der Waals surface area contributed by atoms with Crippen molar-refractivity contribution in [3.63, 3.8) is 0 Å². The fraction of sp³-hybridized carbons (Fsp3) is 0.105. The molecule has 0 saturated heterocycles. The molecule has 9 heteroatoms. The number of benzene rings is 2. The van der Waals surface area contributed by atoms with Crippen LogP contribution in [0.2, 0.25) is 0 Å². The van der Waals surface area contributed by atoms with Crippen molar-refractivity contribution in [2.24, 2.45) is 10.7 Å². The van der Waals surface area contributed by atoms with E-state index >= 15 is 0 Å². The first-order valence-corrected chi connectivity index (χ1v) is 9.57. The molecule has 0 atom stereocenters. The number of rotatable bonds is 5. The van der Waals surface area contributed by atoms with Gasteiger partial charge in [0.25, 0.3) is 11.8 Å². The predicted octanol–water partition coefficient (Wildman–Crippen LogP) is 2.21. The normalized spacial score (nSPS) is 11.2. The number of carbonyl (C=O) groups excluding carboxylic acids is 2. The van der Waals surface area contributed by atoms with Crippen molar-refractivity contribution in [2.45, 2.75) is 6.54 Å². The van der Waals surface area contributed by atoms with Crippen LogP contribution in [-0.2, 0) is 6.54 Å². The van der Waals surface area contributed by atoms with Gasteiger partial charge in [-0.15, -0.1) is 5.10 Å². The molecule has 0 aliphatic rings. The molecule has 0 aliphatic carbocycles. The molecule has 2 aromatic carbocycles. The summed E-state index contributed by atoms with van der Waals surface area (Å²) < 4.78 is 1.47. The Balaban J connectivity index is 1.92. The molecule has 0 unspecified atom stereocenters. The molecule has 0 bridgehead atoms. The van der Waals surface area contributed by atoms with E-state index in [2.05, 4.69) is 20.6 Å². The van der Waals surface area contributed by atoms with Gasteiger partial charge in [-0.1, -0.05) is 65.5 Å². The van der Waals surface area contributed by atoms with E-state index in [-0.39, 0.29) is 17.4 Å². The Labute approximate surface area is 165 Å². The van der Waals surface area contributed by atoms with Gasteiger partial charge in [0.2, 0.25) is 0 Å². The molecule has 1 aromatic heterocycles. The summed E-state index contributed by atoms with van der Waals surface area (Å²) in [6.45, 7) is 0.355. The maximum atomic E-state index is 12.4. The molecule has 0 spiro atoms. The highest BCUT2D eigenvalue weighted by Crippen LogP contribution is 2.19. The molecular formula is C19H18N6O2S. The number of nitrogens with one attached hydrogen (secondary N) is 1. The summed E-state index contributed by atoms with van der Waals surface area (Å²) in [5.74, 6) is -0.863. The fourth-order valence-corrected chi connectivity index (χ4v) is 2.79. The zero-order chi connectivity index (χ0) is 19.9. The summed E-state index contributed by atoms with van der Waals surface area (Å²) >= 11 is 1.22. The number of thioether (sulfide) groups is 1. The average molecular weight is 394 g/mol. The number of primary amides is 1. The molecule has 3 N–H and O–H groups in total. The summed E-state index contributed by atoms with van der Waals surface area (Å²) in [6, 6.07) is 18.3. The van der Waals surface area contributed by atoms with E-state index in [4.69, 9.17) is 5.73 Å². The molecule has 8 nitrogen and oxygen atoms in total. The molecule has 0 radical (unpaired) electrons. The Morgan fingerprint density at radius 1 is 1.11 bits per heavy atom. The monoisotopic (exact) mass is 394 g/mol. The van der Waals surface area contributed by atoms with Crippen molar-refractivity contribution < 1.29 is 9.59 Å². The summed E-state index contributed by atoms with van der Waals surface area (Å²) in [5.41, 5.74) is 6.81. The van der Waals surface area contributed by atoms with E-state index in [1.54, 1.807) is 30.5 Å². The van der Waals surface area contributed by atoms with E-state index in [9.17, 15) is 9.59 Å². The van der Waals surface area contributed by atoms with Crippen LogP contribution in [-0.4, -0.2) is 38.2 Å². The standard InChI is InChI=1S/C19H18N6O2S/c1-28-19(22-18(27)14-10-6-3-7-11-14)21-17-15(16(20)26)23-24-25(17)12-13-8-4-2-5-9-13/h2-11H,12H2,1H3,(H2,20,26)(H,21,22,27). The Morgan fingerprint density at radius 2 is 1.75 bits per heavy atom. The van der Waals surface area contributed by atoms with E-state index in [0.717, 1.165) is 5.56 Å². The maximum absolute atomic E-state index is 12.4. The molecule has 3 rings (SSSR count). The number of carbonyl (C=O) groups is 2. The van der Waals surface area contributed by atoms with Crippen molar-refractivity contribution >= 4 is 34.6 Å². The SMILES string of the molecule is CS/C(=N\c1c(C(N)=O)nnn1Cc1ccccc1)NC(=O)c1ccccc1. The molecular weight excluding hydrogens is 376 g/mol. The number of aromatic nitrogens is 3. The van der Waals surface area contributed by atoms with Gasteiger partial charge in [0.1, 0.15) is 0 Å². The van der Waals surface area contributed by atoms with Crippen molar-refractivity contribution in [3.05, 3.63) is 77.5 Å².